The maximum atomic E-state index is 6.28. The molecule has 1 aliphatic rings. The van der Waals surface area contributed by atoms with Gasteiger partial charge in [0.15, 0.2) is 0 Å². The zero-order valence-corrected chi connectivity index (χ0v) is 19.0. The molecule has 4 aromatic rings. The molecule has 0 radical (unpaired) electrons. The smallest absolute Gasteiger partial charge is 0.143 e. The van der Waals surface area contributed by atoms with Crippen molar-refractivity contribution in [1.29, 1.82) is 0 Å². The Hall–Kier alpha value is -3.01. The van der Waals surface area contributed by atoms with Crippen molar-refractivity contribution in [1.82, 2.24) is 4.57 Å². The van der Waals surface area contributed by atoms with Crippen molar-refractivity contribution in [2.45, 2.75) is 25.9 Å². The van der Waals surface area contributed by atoms with Gasteiger partial charge in [-0.05, 0) is 55.2 Å². The molecule has 0 saturated heterocycles. The molecule has 0 unspecified atom stereocenters. The Morgan fingerprint density at radius 2 is 1.59 bits per heavy atom. The summed E-state index contributed by atoms with van der Waals surface area (Å²) in [5.74, 6) is 0. The largest absolute Gasteiger partial charge is 0.391 e. The Kier molecular flexibility index (Phi) is 6.02. The monoisotopic (exact) mass is 460 g/mol. The summed E-state index contributed by atoms with van der Waals surface area (Å²) in [5.41, 5.74) is 7.76. The van der Waals surface area contributed by atoms with Crippen LogP contribution in [0, 0.1) is 0 Å². The van der Waals surface area contributed by atoms with Crippen LogP contribution in [0.15, 0.2) is 90.1 Å². The maximum Gasteiger partial charge on any atom is 0.143 e. The van der Waals surface area contributed by atoms with Crippen LogP contribution in [-0.2, 0) is 17.9 Å². The summed E-state index contributed by atoms with van der Waals surface area (Å²) < 4.78 is 2.36. The van der Waals surface area contributed by atoms with Gasteiger partial charge < -0.3 is 9.40 Å². The number of halogens is 2. The number of hydrogen-bond acceptors (Lipinski definition) is 2. The van der Waals surface area contributed by atoms with Crippen LogP contribution in [0.1, 0.15) is 29.7 Å². The lowest BCUT2D eigenvalue weighted by atomic mass is 9.95. The molecule has 3 nitrogen and oxygen atoms in total. The quantitative estimate of drug-likeness (QED) is 0.280. The van der Waals surface area contributed by atoms with Crippen molar-refractivity contribution in [3.63, 3.8) is 0 Å². The van der Waals surface area contributed by atoms with Gasteiger partial charge in [-0.3, -0.25) is 0 Å². The van der Waals surface area contributed by atoms with Gasteiger partial charge in [-0.15, -0.1) is 0 Å². The van der Waals surface area contributed by atoms with Crippen LogP contribution >= 0.6 is 23.2 Å². The van der Waals surface area contributed by atoms with E-state index in [9.17, 15) is 0 Å². The molecule has 160 valence electrons. The number of benzene rings is 3. The third kappa shape index (κ3) is 4.19. The molecule has 0 aliphatic heterocycles. The SMILES string of the molecule is Clc1ccc(CO/N=C2\CCCc3c2cc(-c2ccccc2)n3-c2ccccc2)c(Cl)c1. The molecule has 1 aromatic heterocycles. The molecule has 1 aliphatic carbocycles. The summed E-state index contributed by atoms with van der Waals surface area (Å²) in [6.07, 6.45) is 2.91. The zero-order chi connectivity index (χ0) is 21.9. The first kappa shape index (κ1) is 20.9. The minimum Gasteiger partial charge on any atom is -0.391 e. The first-order valence-electron chi connectivity index (χ1n) is 10.7. The van der Waals surface area contributed by atoms with E-state index >= 15 is 0 Å². The second-order valence-corrected chi connectivity index (χ2v) is 8.67. The van der Waals surface area contributed by atoms with Gasteiger partial charge in [-0.25, -0.2) is 0 Å². The highest BCUT2D eigenvalue weighted by Crippen LogP contribution is 2.34. The molecule has 1 heterocycles. The lowest BCUT2D eigenvalue weighted by molar-refractivity contribution is 0.130. The summed E-state index contributed by atoms with van der Waals surface area (Å²) in [6, 6.07) is 28.6. The van der Waals surface area contributed by atoms with Gasteiger partial charge in [0.1, 0.15) is 6.61 Å². The van der Waals surface area contributed by atoms with Crippen molar-refractivity contribution in [3.05, 3.63) is 112 Å². The second-order valence-electron chi connectivity index (χ2n) is 7.83. The number of rotatable bonds is 5. The molecule has 0 spiro atoms. The minimum atomic E-state index is 0.305. The Morgan fingerprint density at radius 3 is 2.34 bits per heavy atom. The van der Waals surface area contributed by atoms with E-state index < -0.39 is 0 Å². The Morgan fingerprint density at radius 1 is 0.844 bits per heavy atom. The van der Waals surface area contributed by atoms with E-state index in [1.165, 1.54) is 11.3 Å². The van der Waals surface area contributed by atoms with Gasteiger partial charge in [-0.2, -0.15) is 0 Å². The van der Waals surface area contributed by atoms with E-state index in [1.807, 2.05) is 24.3 Å². The van der Waals surface area contributed by atoms with Crippen LogP contribution in [0.2, 0.25) is 10.0 Å². The van der Waals surface area contributed by atoms with Gasteiger partial charge in [0.05, 0.1) is 11.4 Å². The molecule has 32 heavy (non-hydrogen) atoms. The molecule has 5 heteroatoms. The average Bonchev–Trinajstić information content (AvgIpc) is 3.22. The summed E-state index contributed by atoms with van der Waals surface area (Å²) in [7, 11) is 0. The van der Waals surface area contributed by atoms with Gasteiger partial charge in [-0.1, -0.05) is 83.0 Å². The van der Waals surface area contributed by atoms with E-state index in [-0.39, 0.29) is 0 Å². The van der Waals surface area contributed by atoms with Crippen LogP contribution in [0.3, 0.4) is 0 Å². The fraction of sp³-hybridized carbons (Fsp3) is 0.148. The van der Waals surface area contributed by atoms with Gasteiger partial charge >= 0.3 is 0 Å². The van der Waals surface area contributed by atoms with Crippen LogP contribution in [0.25, 0.3) is 16.9 Å². The molecule has 0 atom stereocenters. The summed E-state index contributed by atoms with van der Waals surface area (Å²) in [4.78, 5) is 5.75. The number of oxime groups is 1. The molecule has 3 aromatic carbocycles. The topological polar surface area (TPSA) is 26.5 Å². The van der Waals surface area contributed by atoms with E-state index in [2.05, 4.69) is 64.3 Å². The molecule has 0 bridgehead atoms. The lowest BCUT2D eigenvalue weighted by Crippen LogP contribution is -2.14. The van der Waals surface area contributed by atoms with E-state index in [0.29, 0.717) is 16.7 Å². The van der Waals surface area contributed by atoms with Gasteiger partial charge in [0.25, 0.3) is 0 Å². The number of aromatic nitrogens is 1. The highest BCUT2D eigenvalue weighted by Gasteiger charge is 2.24. The zero-order valence-electron chi connectivity index (χ0n) is 17.5. The Labute approximate surface area is 197 Å². The summed E-state index contributed by atoms with van der Waals surface area (Å²) in [6.45, 7) is 0.305. The van der Waals surface area contributed by atoms with Crippen molar-refractivity contribution < 1.29 is 4.84 Å². The third-order valence-corrected chi connectivity index (χ3v) is 6.32. The van der Waals surface area contributed by atoms with Crippen molar-refractivity contribution in [2.75, 3.05) is 0 Å². The minimum absolute atomic E-state index is 0.305. The van der Waals surface area contributed by atoms with Crippen LogP contribution < -0.4 is 0 Å². The van der Waals surface area contributed by atoms with Gasteiger partial charge in [0, 0.05) is 32.6 Å². The molecular formula is C27H22Cl2N2O. The van der Waals surface area contributed by atoms with Crippen LogP contribution in [0.5, 0.6) is 0 Å². The third-order valence-electron chi connectivity index (χ3n) is 5.73. The van der Waals surface area contributed by atoms with Crippen LogP contribution in [0.4, 0.5) is 0 Å². The predicted molar refractivity (Wildman–Crippen MR) is 132 cm³/mol. The lowest BCUT2D eigenvalue weighted by Gasteiger charge is -2.18. The van der Waals surface area contributed by atoms with E-state index in [0.717, 1.165) is 47.5 Å². The first-order valence-corrected chi connectivity index (χ1v) is 11.4. The molecular weight excluding hydrogens is 439 g/mol. The molecule has 0 amide bonds. The predicted octanol–water partition coefficient (Wildman–Crippen LogP) is 7.71. The summed E-state index contributed by atoms with van der Waals surface area (Å²) >= 11 is 12.3. The fourth-order valence-electron chi connectivity index (χ4n) is 4.21. The summed E-state index contributed by atoms with van der Waals surface area (Å²) in [5, 5.41) is 5.73. The maximum absolute atomic E-state index is 6.28. The normalized spacial score (nSPS) is 14.4. The average molecular weight is 461 g/mol. The van der Waals surface area contributed by atoms with Crippen molar-refractivity contribution in [3.8, 4) is 16.9 Å². The highest BCUT2D eigenvalue weighted by atomic mass is 35.5. The molecule has 5 rings (SSSR count). The van der Waals surface area contributed by atoms with E-state index in [4.69, 9.17) is 28.0 Å². The van der Waals surface area contributed by atoms with E-state index in [1.54, 1.807) is 6.07 Å². The Bertz CT molecular complexity index is 1260. The number of fused-ring (bicyclic) bond motifs is 1. The number of para-hydroxylation sites is 1. The second kappa shape index (κ2) is 9.23. The molecule has 0 N–H and O–H groups in total. The van der Waals surface area contributed by atoms with Crippen molar-refractivity contribution >= 4 is 28.9 Å². The number of nitrogens with zero attached hydrogens (tertiary/aromatic N) is 2. The fourth-order valence-corrected chi connectivity index (χ4v) is 4.67. The first-order chi connectivity index (χ1) is 15.7. The number of hydrogen-bond donors (Lipinski definition) is 0. The van der Waals surface area contributed by atoms with Crippen LogP contribution in [-0.4, -0.2) is 10.3 Å². The molecule has 0 fully saturated rings. The standard InChI is InChI=1S/C27H22Cl2N2O/c28-21-15-14-20(24(29)16-21)18-32-30-25-12-7-13-26-23(25)17-27(19-8-3-1-4-9-19)31(26)22-10-5-2-6-11-22/h1-6,8-11,14-17H,7,12-13,18H2/b30-25+. The van der Waals surface area contributed by atoms with Gasteiger partial charge in [0.2, 0.25) is 0 Å². The highest BCUT2D eigenvalue weighted by molar-refractivity contribution is 6.35. The molecule has 0 saturated carbocycles. The Balaban J connectivity index is 1.52. The van der Waals surface area contributed by atoms with Crippen molar-refractivity contribution in [2.24, 2.45) is 5.16 Å².